The molecule has 3 unspecified atom stereocenters. The molecular weight excluding hydrogens is 528 g/mol. The van der Waals surface area contributed by atoms with Crippen molar-refractivity contribution in [2.24, 2.45) is 17.8 Å². The minimum Gasteiger partial charge on any atom is -0.448 e. The molecule has 3 N–H and O–H groups in total. The van der Waals surface area contributed by atoms with E-state index in [9.17, 15) is 14.4 Å². The van der Waals surface area contributed by atoms with Gasteiger partial charge in [-0.2, -0.15) is 0 Å². The van der Waals surface area contributed by atoms with E-state index in [0.717, 1.165) is 23.4 Å². The number of aromatic nitrogens is 1. The minimum absolute atomic E-state index is 0.0612. The van der Waals surface area contributed by atoms with Crippen LogP contribution >= 0.6 is 23.4 Å². The summed E-state index contributed by atoms with van der Waals surface area (Å²) in [6, 6.07) is 3.43. The standard InChI is InChI=1S/C27H33ClN4O5S/c1-13-8-20(38-5)18(25(34)31-13)10-30-24(33)17-9-19(28)23-22(14(17)2)36-27(3,37-23)21-15-6-7-16(21)12-32(11-15)26(35)29-4/h8-9,15-16,21H,6-7,10-12H2,1-5H3,(H,29,35)(H,30,33)(H,31,34). The molecule has 1 saturated carbocycles. The van der Waals surface area contributed by atoms with E-state index in [2.05, 4.69) is 15.6 Å². The van der Waals surface area contributed by atoms with E-state index < -0.39 is 5.79 Å². The van der Waals surface area contributed by atoms with Gasteiger partial charge in [-0.15, -0.1) is 11.8 Å². The van der Waals surface area contributed by atoms with Crippen LogP contribution in [-0.4, -0.2) is 54.0 Å². The second-order valence-electron chi connectivity index (χ2n) is 10.5. The number of aromatic amines is 1. The first-order chi connectivity index (χ1) is 18.1. The highest BCUT2D eigenvalue weighted by atomic mass is 35.5. The number of fused-ring (bicyclic) bond motifs is 3. The maximum absolute atomic E-state index is 13.2. The van der Waals surface area contributed by atoms with E-state index in [1.807, 2.05) is 38.0 Å². The highest BCUT2D eigenvalue weighted by Crippen LogP contribution is 2.55. The van der Waals surface area contributed by atoms with Gasteiger partial charge in [-0.05, 0) is 56.9 Å². The number of amides is 3. The Morgan fingerprint density at radius 2 is 1.84 bits per heavy atom. The number of nitrogens with zero attached hydrogens (tertiary/aromatic N) is 1. The molecule has 1 aromatic heterocycles. The predicted octanol–water partition coefficient (Wildman–Crippen LogP) is 4.08. The summed E-state index contributed by atoms with van der Waals surface area (Å²) >= 11 is 8.09. The highest BCUT2D eigenvalue weighted by molar-refractivity contribution is 7.98. The van der Waals surface area contributed by atoms with Crippen molar-refractivity contribution in [1.82, 2.24) is 20.5 Å². The Hall–Kier alpha value is -2.85. The number of halogens is 1. The van der Waals surface area contributed by atoms with Crippen molar-refractivity contribution in [1.29, 1.82) is 0 Å². The Labute approximate surface area is 231 Å². The fourth-order valence-electron chi connectivity index (χ4n) is 6.42. The van der Waals surface area contributed by atoms with E-state index in [4.69, 9.17) is 21.1 Å². The number of ether oxygens (including phenoxy) is 2. The first kappa shape index (κ1) is 26.7. The molecule has 1 saturated heterocycles. The lowest BCUT2D eigenvalue weighted by Gasteiger charge is -2.43. The molecule has 3 atom stereocenters. The average Bonchev–Trinajstić information content (AvgIpc) is 3.39. The van der Waals surface area contributed by atoms with Crippen molar-refractivity contribution in [3.63, 3.8) is 0 Å². The normalized spacial score (nSPS) is 25.4. The molecule has 11 heteroatoms. The first-order valence-electron chi connectivity index (χ1n) is 12.8. The van der Waals surface area contributed by atoms with E-state index in [-0.39, 0.29) is 41.8 Å². The second-order valence-corrected chi connectivity index (χ2v) is 11.8. The molecule has 38 heavy (non-hydrogen) atoms. The number of pyridine rings is 1. The van der Waals surface area contributed by atoms with E-state index >= 15 is 0 Å². The lowest BCUT2D eigenvalue weighted by atomic mass is 9.79. The van der Waals surface area contributed by atoms with Crippen LogP contribution in [0.3, 0.4) is 0 Å². The summed E-state index contributed by atoms with van der Waals surface area (Å²) in [4.78, 5) is 43.5. The van der Waals surface area contributed by atoms with Crippen LogP contribution in [0, 0.1) is 31.6 Å². The third-order valence-corrected chi connectivity index (χ3v) is 9.19. The molecule has 2 aliphatic heterocycles. The molecule has 1 aromatic carbocycles. The van der Waals surface area contributed by atoms with Crippen LogP contribution in [0.4, 0.5) is 4.79 Å². The van der Waals surface area contributed by atoms with Gasteiger partial charge in [-0.25, -0.2) is 4.79 Å². The van der Waals surface area contributed by atoms with Gasteiger partial charge in [-0.1, -0.05) is 11.6 Å². The van der Waals surface area contributed by atoms with Gasteiger partial charge in [0.25, 0.3) is 17.3 Å². The number of piperidine rings is 1. The summed E-state index contributed by atoms with van der Waals surface area (Å²) in [6.07, 6.45) is 3.89. The monoisotopic (exact) mass is 560 g/mol. The SMILES string of the molecule is CNC(=O)N1CC2CCC(C1)C2C1(C)Oc2c(Cl)cc(C(=O)NCc3c(SC)cc(C)[nH]c3=O)c(C)c2O1. The molecule has 5 rings (SSSR count). The minimum atomic E-state index is -0.950. The van der Waals surface area contributed by atoms with Crippen molar-refractivity contribution in [2.45, 2.75) is 50.8 Å². The number of nitrogens with one attached hydrogen (secondary N) is 3. The van der Waals surface area contributed by atoms with Crippen molar-refractivity contribution < 1.29 is 19.1 Å². The Kier molecular flexibility index (Phi) is 7.06. The smallest absolute Gasteiger partial charge is 0.317 e. The van der Waals surface area contributed by atoms with Crippen LogP contribution in [0.2, 0.25) is 5.02 Å². The van der Waals surface area contributed by atoms with Crippen molar-refractivity contribution >= 4 is 35.3 Å². The largest absolute Gasteiger partial charge is 0.448 e. The van der Waals surface area contributed by atoms with Crippen LogP contribution < -0.4 is 25.7 Å². The molecule has 2 bridgehead atoms. The number of carbonyl (C=O) groups excluding carboxylic acids is 2. The molecule has 9 nitrogen and oxygen atoms in total. The summed E-state index contributed by atoms with van der Waals surface area (Å²) in [5.41, 5.74) is 2.05. The molecule has 0 spiro atoms. The number of hydrogen-bond acceptors (Lipinski definition) is 6. The number of carbonyl (C=O) groups is 2. The third kappa shape index (κ3) is 4.51. The summed E-state index contributed by atoms with van der Waals surface area (Å²) in [5.74, 6) is 0.176. The average molecular weight is 561 g/mol. The number of hydrogen-bond donors (Lipinski definition) is 3. The topological polar surface area (TPSA) is 113 Å². The van der Waals surface area contributed by atoms with Crippen molar-refractivity contribution in [3.05, 3.63) is 49.9 Å². The molecule has 2 aromatic rings. The van der Waals surface area contributed by atoms with E-state index in [1.54, 1.807) is 13.1 Å². The maximum Gasteiger partial charge on any atom is 0.317 e. The molecule has 1 aliphatic carbocycles. The van der Waals surface area contributed by atoms with Gasteiger partial charge in [0.2, 0.25) is 0 Å². The lowest BCUT2D eigenvalue weighted by molar-refractivity contribution is -0.146. The number of likely N-dealkylation sites (tertiary alicyclic amines) is 1. The van der Waals surface area contributed by atoms with Gasteiger partial charge in [0.05, 0.1) is 5.02 Å². The zero-order valence-electron chi connectivity index (χ0n) is 22.2. The number of aryl methyl sites for hydroxylation is 1. The van der Waals surface area contributed by atoms with Gasteiger partial charge >= 0.3 is 6.03 Å². The number of benzene rings is 1. The quantitative estimate of drug-likeness (QED) is 0.475. The summed E-state index contributed by atoms with van der Waals surface area (Å²) in [5, 5.41) is 5.89. The second kappa shape index (κ2) is 10.0. The molecule has 3 amide bonds. The van der Waals surface area contributed by atoms with Crippen molar-refractivity contribution in [2.75, 3.05) is 26.4 Å². The summed E-state index contributed by atoms with van der Waals surface area (Å²) in [7, 11) is 1.65. The van der Waals surface area contributed by atoms with E-state index in [0.29, 0.717) is 46.3 Å². The highest BCUT2D eigenvalue weighted by Gasteiger charge is 2.57. The summed E-state index contributed by atoms with van der Waals surface area (Å²) < 4.78 is 12.9. The number of thioether (sulfide) groups is 1. The van der Waals surface area contributed by atoms with Gasteiger partial charge in [-0.3, -0.25) is 9.59 Å². The first-order valence-corrected chi connectivity index (χ1v) is 14.4. The Balaban J connectivity index is 1.36. The maximum atomic E-state index is 13.2. The van der Waals surface area contributed by atoms with Crippen LogP contribution in [0.5, 0.6) is 11.5 Å². The summed E-state index contributed by atoms with van der Waals surface area (Å²) in [6.45, 7) is 6.95. The molecular formula is C27H33ClN4O5S. The van der Waals surface area contributed by atoms with E-state index in [1.165, 1.54) is 11.8 Å². The Bertz CT molecular complexity index is 1350. The van der Waals surface area contributed by atoms with Crippen LogP contribution in [0.1, 0.15) is 46.9 Å². The number of rotatable bonds is 5. The number of H-pyrrole nitrogens is 1. The van der Waals surface area contributed by atoms with Crippen molar-refractivity contribution in [3.8, 4) is 11.5 Å². The molecule has 0 radical (unpaired) electrons. The fourth-order valence-corrected chi connectivity index (χ4v) is 7.36. The van der Waals surface area contributed by atoms with Gasteiger partial charge in [0.15, 0.2) is 11.5 Å². The van der Waals surface area contributed by atoms with Crippen LogP contribution in [0.25, 0.3) is 0 Å². The van der Waals surface area contributed by atoms with Gasteiger partial charge < -0.3 is 30.0 Å². The number of urea groups is 1. The lowest BCUT2D eigenvalue weighted by Crippen LogP contribution is -2.56. The molecule has 3 aliphatic rings. The molecule has 2 fully saturated rings. The zero-order valence-corrected chi connectivity index (χ0v) is 23.8. The van der Waals surface area contributed by atoms with Crippen LogP contribution in [0.15, 0.2) is 21.8 Å². The molecule has 204 valence electrons. The Morgan fingerprint density at radius 1 is 1.18 bits per heavy atom. The predicted molar refractivity (Wildman–Crippen MR) is 146 cm³/mol. The Morgan fingerprint density at radius 3 is 2.47 bits per heavy atom. The fraction of sp³-hybridized carbons (Fsp3) is 0.519. The molecule has 3 heterocycles. The zero-order chi connectivity index (χ0) is 27.4. The van der Waals surface area contributed by atoms with Crippen LogP contribution in [-0.2, 0) is 6.54 Å². The van der Waals surface area contributed by atoms with Gasteiger partial charge in [0, 0.05) is 66.8 Å². The van der Waals surface area contributed by atoms with Gasteiger partial charge in [0.1, 0.15) is 0 Å². The third-order valence-electron chi connectivity index (χ3n) is 8.11.